The zero-order valence-corrected chi connectivity index (χ0v) is 17.0. The number of hydrogen-bond donors (Lipinski definition) is 0. The van der Waals surface area contributed by atoms with Gasteiger partial charge < -0.3 is 0 Å². The Morgan fingerprint density at radius 2 is 1.93 bits per heavy atom. The van der Waals surface area contributed by atoms with E-state index < -0.39 is 5.82 Å². The Morgan fingerprint density at radius 3 is 2.61 bits per heavy atom. The molecule has 0 spiro atoms. The van der Waals surface area contributed by atoms with Crippen molar-refractivity contribution in [3.63, 3.8) is 0 Å². The van der Waals surface area contributed by atoms with Crippen molar-refractivity contribution < 1.29 is 4.39 Å². The first-order chi connectivity index (χ1) is 13.5. The van der Waals surface area contributed by atoms with Crippen molar-refractivity contribution in [2.75, 3.05) is 0 Å². The molecule has 0 N–H and O–H groups in total. The van der Waals surface area contributed by atoms with Gasteiger partial charge in [0.2, 0.25) is 0 Å². The summed E-state index contributed by atoms with van der Waals surface area (Å²) in [5.74, 6) is 0.00648. The van der Waals surface area contributed by atoms with Crippen molar-refractivity contribution in [2.45, 2.75) is 26.3 Å². The number of fused-ring (bicyclic) bond motifs is 1. The third-order valence-corrected chi connectivity index (χ3v) is 6.08. The second-order valence-electron chi connectivity index (χ2n) is 6.98. The van der Waals surface area contributed by atoms with Gasteiger partial charge in [0, 0.05) is 21.5 Å². The SMILES string of the molecule is CC(C)c1ccc(-c2csc3ncn(Cc4c(F)cccc4Cl)c(=O)c23)cc1. The van der Waals surface area contributed by atoms with Crippen LogP contribution in [0.5, 0.6) is 0 Å². The molecule has 0 saturated carbocycles. The van der Waals surface area contributed by atoms with E-state index in [4.69, 9.17) is 11.6 Å². The van der Waals surface area contributed by atoms with Crippen molar-refractivity contribution in [1.82, 2.24) is 9.55 Å². The maximum Gasteiger partial charge on any atom is 0.263 e. The van der Waals surface area contributed by atoms with E-state index in [9.17, 15) is 9.18 Å². The maximum absolute atomic E-state index is 14.2. The maximum atomic E-state index is 14.2. The zero-order valence-electron chi connectivity index (χ0n) is 15.4. The van der Waals surface area contributed by atoms with E-state index in [1.807, 2.05) is 17.5 Å². The van der Waals surface area contributed by atoms with Crippen LogP contribution in [-0.2, 0) is 6.54 Å². The molecule has 0 bridgehead atoms. The summed E-state index contributed by atoms with van der Waals surface area (Å²) in [4.78, 5) is 18.2. The van der Waals surface area contributed by atoms with Crippen LogP contribution in [0, 0.1) is 5.82 Å². The number of thiophene rings is 1. The van der Waals surface area contributed by atoms with Crippen LogP contribution in [0.3, 0.4) is 0 Å². The Kier molecular flexibility index (Phi) is 5.04. The average molecular weight is 413 g/mol. The second-order valence-corrected chi connectivity index (χ2v) is 8.25. The first-order valence-electron chi connectivity index (χ1n) is 8.95. The van der Waals surface area contributed by atoms with Gasteiger partial charge in [-0.15, -0.1) is 11.3 Å². The van der Waals surface area contributed by atoms with E-state index in [1.54, 1.807) is 12.1 Å². The molecule has 6 heteroatoms. The lowest BCUT2D eigenvalue weighted by atomic mass is 9.99. The molecule has 0 aliphatic carbocycles. The quantitative estimate of drug-likeness (QED) is 0.406. The van der Waals surface area contributed by atoms with Crippen LogP contribution in [0.1, 0.15) is 30.9 Å². The molecule has 0 unspecified atom stereocenters. The minimum absolute atomic E-state index is 0.0366. The molecule has 0 fully saturated rings. The van der Waals surface area contributed by atoms with Crippen LogP contribution >= 0.6 is 22.9 Å². The van der Waals surface area contributed by atoms with E-state index in [0.717, 1.165) is 11.1 Å². The van der Waals surface area contributed by atoms with Crippen molar-refractivity contribution in [3.05, 3.63) is 86.5 Å². The molecule has 2 aromatic carbocycles. The first kappa shape index (κ1) is 18.8. The average Bonchev–Trinajstić information content (AvgIpc) is 3.11. The van der Waals surface area contributed by atoms with Gasteiger partial charge in [0.25, 0.3) is 5.56 Å². The summed E-state index contributed by atoms with van der Waals surface area (Å²) in [5, 5.41) is 2.79. The van der Waals surface area contributed by atoms with Crippen LogP contribution < -0.4 is 5.56 Å². The number of aromatic nitrogens is 2. The summed E-state index contributed by atoms with van der Waals surface area (Å²) < 4.78 is 15.6. The van der Waals surface area contributed by atoms with Crippen LogP contribution in [-0.4, -0.2) is 9.55 Å². The number of halogens is 2. The summed E-state index contributed by atoms with van der Waals surface area (Å²) in [6.45, 7) is 4.33. The normalized spacial score (nSPS) is 11.5. The van der Waals surface area contributed by atoms with Gasteiger partial charge in [0.05, 0.1) is 18.3 Å². The molecule has 4 rings (SSSR count). The van der Waals surface area contributed by atoms with Crippen molar-refractivity contribution >= 4 is 33.2 Å². The minimum atomic E-state index is -0.436. The summed E-state index contributed by atoms with van der Waals surface area (Å²) in [5.41, 5.74) is 3.14. The Hall–Kier alpha value is -2.50. The molecule has 0 atom stereocenters. The number of hydrogen-bond acceptors (Lipinski definition) is 3. The molecule has 2 aromatic heterocycles. The standard InChI is InChI=1S/C22H18ClFN2OS/c1-13(2)14-6-8-15(9-7-14)17-11-28-21-20(17)22(27)26(12-25-21)10-16-18(23)4-3-5-19(16)24/h3-9,11-13H,10H2,1-2H3. The lowest BCUT2D eigenvalue weighted by molar-refractivity contribution is 0.595. The predicted molar refractivity (Wildman–Crippen MR) is 114 cm³/mol. The van der Waals surface area contributed by atoms with E-state index in [2.05, 4.69) is 31.0 Å². The highest BCUT2D eigenvalue weighted by atomic mass is 35.5. The van der Waals surface area contributed by atoms with Gasteiger partial charge in [-0.3, -0.25) is 9.36 Å². The third kappa shape index (κ3) is 3.36. The molecule has 28 heavy (non-hydrogen) atoms. The zero-order chi connectivity index (χ0) is 19.8. The van der Waals surface area contributed by atoms with Gasteiger partial charge in [-0.25, -0.2) is 9.37 Å². The molecule has 2 heterocycles. The topological polar surface area (TPSA) is 34.9 Å². The molecule has 0 radical (unpaired) electrons. The largest absolute Gasteiger partial charge is 0.294 e. The van der Waals surface area contributed by atoms with E-state index in [1.165, 1.54) is 33.9 Å². The Bertz CT molecular complexity index is 1190. The van der Waals surface area contributed by atoms with Crippen molar-refractivity contribution in [1.29, 1.82) is 0 Å². The molecular formula is C22H18ClFN2OS. The molecule has 4 aromatic rings. The Labute approximate surface area is 171 Å². The van der Waals surface area contributed by atoms with Gasteiger partial charge in [-0.2, -0.15) is 0 Å². The Morgan fingerprint density at radius 1 is 1.18 bits per heavy atom. The van der Waals surface area contributed by atoms with E-state index >= 15 is 0 Å². The van der Waals surface area contributed by atoms with Crippen LogP contribution in [0.15, 0.2) is 59.0 Å². The van der Waals surface area contributed by atoms with Crippen LogP contribution in [0.4, 0.5) is 4.39 Å². The molecule has 0 amide bonds. The molecule has 0 aliphatic rings. The lowest BCUT2D eigenvalue weighted by Crippen LogP contribution is -2.21. The minimum Gasteiger partial charge on any atom is -0.294 e. The van der Waals surface area contributed by atoms with Gasteiger partial charge >= 0.3 is 0 Å². The molecular weight excluding hydrogens is 395 g/mol. The molecule has 0 aliphatic heterocycles. The van der Waals surface area contributed by atoms with Crippen LogP contribution in [0.25, 0.3) is 21.3 Å². The Balaban J connectivity index is 1.81. The monoisotopic (exact) mass is 412 g/mol. The highest BCUT2D eigenvalue weighted by Gasteiger charge is 2.15. The summed E-state index contributed by atoms with van der Waals surface area (Å²) in [6, 6.07) is 12.7. The lowest BCUT2D eigenvalue weighted by Gasteiger charge is -2.09. The number of rotatable bonds is 4. The molecule has 142 valence electrons. The van der Waals surface area contributed by atoms with Crippen LogP contribution in [0.2, 0.25) is 5.02 Å². The number of nitrogens with zero attached hydrogens (tertiary/aromatic N) is 2. The summed E-state index contributed by atoms with van der Waals surface area (Å²) in [7, 11) is 0. The molecule has 3 nitrogen and oxygen atoms in total. The smallest absolute Gasteiger partial charge is 0.263 e. The van der Waals surface area contributed by atoms with E-state index in [0.29, 0.717) is 21.2 Å². The third-order valence-electron chi connectivity index (χ3n) is 4.84. The van der Waals surface area contributed by atoms with Gasteiger partial charge in [-0.1, -0.05) is 55.8 Å². The number of benzene rings is 2. The fraction of sp³-hybridized carbons (Fsp3) is 0.182. The predicted octanol–water partition coefficient (Wildman–Crippen LogP) is 6.09. The highest BCUT2D eigenvalue weighted by molar-refractivity contribution is 7.17. The van der Waals surface area contributed by atoms with Crippen molar-refractivity contribution in [2.24, 2.45) is 0 Å². The summed E-state index contributed by atoms with van der Waals surface area (Å²) in [6.07, 6.45) is 1.45. The van der Waals surface area contributed by atoms with Gasteiger partial charge in [-0.05, 0) is 29.2 Å². The van der Waals surface area contributed by atoms with Gasteiger partial charge in [0.1, 0.15) is 10.6 Å². The fourth-order valence-corrected chi connectivity index (χ4v) is 4.32. The first-order valence-corrected chi connectivity index (χ1v) is 10.2. The molecule has 0 saturated heterocycles. The summed E-state index contributed by atoms with van der Waals surface area (Å²) >= 11 is 7.55. The van der Waals surface area contributed by atoms with Crippen molar-refractivity contribution in [3.8, 4) is 11.1 Å². The second kappa shape index (κ2) is 7.49. The van der Waals surface area contributed by atoms with E-state index in [-0.39, 0.29) is 17.7 Å². The van der Waals surface area contributed by atoms with Gasteiger partial charge in [0.15, 0.2) is 0 Å². The fourth-order valence-electron chi connectivity index (χ4n) is 3.19. The highest BCUT2D eigenvalue weighted by Crippen LogP contribution is 2.31.